The Kier molecular flexibility index (Phi) is 4.62. The molecule has 3 aliphatic rings. The van der Waals surface area contributed by atoms with Gasteiger partial charge in [0.15, 0.2) is 0 Å². The topological polar surface area (TPSA) is 29.3 Å². The second-order valence-corrected chi connectivity index (χ2v) is 11.9. The summed E-state index contributed by atoms with van der Waals surface area (Å²) in [6.07, 6.45) is 5.34. The summed E-state index contributed by atoms with van der Waals surface area (Å²) in [5.74, 6) is 1.69. The molecular formula is C36H32N2. The molecule has 0 heterocycles. The standard InChI is InChI=1S/C36H32N2/c37-30-17-13-26(14-18-30)35-22-28(35)21-29-23-36(29,24-35)27-15-19-32(20-16-27)38(31-9-2-1-3-10-31)34-12-6-8-25-7-4-5-11-33(25)34/h1-20,28-29H,21-24,37H2. The molecule has 2 nitrogen and oxygen atoms in total. The van der Waals surface area contributed by atoms with Gasteiger partial charge in [-0.3, -0.25) is 0 Å². The zero-order valence-electron chi connectivity index (χ0n) is 21.6. The van der Waals surface area contributed by atoms with Gasteiger partial charge in [0.25, 0.3) is 0 Å². The van der Waals surface area contributed by atoms with Crippen LogP contribution in [0.5, 0.6) is 0 Å². The molecule has 38 heavy (non-hydrogen) atoms. The summed E-state index contributed by atoms with van der Waals surface area (Å²) in [7, 11) is 0. The number of benzene rings is 5. The number of para-hydroxylation sites is 1. The maximum Gasteiger partial charge on any atom is 0.0540 e. The van der Waals surface area contributed by atoms with E-state index in [9.17, 15) is 0 Å². The SMILES string of the molecule is Nc1ccc(C23CC2CC2CC2(c2ccc(N(c4ccccc4)c4cccc5ccccc45)cc2)C3)cc1. The molecule has 5 aromatic carbocycles. The number of hydrogen-bond acceptors (Lipinski definition) is 2. The zero-order valence-corrected chi connectivity index (χ0v) is 21.6. The molecular weight excluding hydrogens is 460 g/mol. The van der Waals surface area contributed by atoms with Crippen LogP contribution in [0.4, 0.5) is 22.7 Å². The van der Waals surface area contributed by atoms with Crippen LogP contribution in [0.1, 0.15) is 36.8 Å². The van der Waals surface area contributed by atoms with Crippen molar-refractivity contribution >= 4 is 33.5 Å². The molecule has 0 amide bonds. The van der Waals surface area contributed by atoms with Gasteiger partial charge >= 0.3 is 0 Å². The van der Waals surface area contributed by atoms with E-state index in [1.165, 1.54) is 64.6 Å². The Morgan fingerprint density at radius 2 is 1.16 bits per heavy atom. The van der Waals surface area contributed by atoms with E-state index in [2.05, 4.69) is 126 Å². The number of hydrogen-bond donors (Lipinski definition) is 1. The van der Waals surface area contributed by atoms with Gasteiger partial charge in [-0.05, 0) is 107 Å². The first-order chi connectivity index (χ1) is 18.7. The first-order valence-electron chi connectivity index (χ1n) is 14.0. The molecule has 186 valence electrons. The summed E-state index contributed by atoms with van der Waals surface area (Å²) >= 11 is 0. The van der Waals surface area contributed by atoms with Gasteiger partial charge in [-0.2, -0.15) is 0 Å². The summed E-state index contributed by atoms with van der Waals surface area (Å²) in [6, 6.07) is 44.3. The number of nitrogen functional groups attached to an aromatic ring is 1. The molecule has 0 saturated heterocycles. The van der Waals surface area contributed by atoms with Gasteiger partial charge in [-0.25, -0.2) is 0 Å². The average Bonchev–Trinajstić information content (AvgIpc) is 3.87. The molecule has 2 heteroatoms. The van der Waals surface area contributed by atoms with E-state index >= 15 is 0 Å². The van der Waals surface area contributed by atoms with Crippen molar-refractivity contribution in [2.75, 3.05) is 10.6 Å². The van der Waals surface area contributed by atoms with Crippen LogP contribution in [0.25, 0.3) is 10.8 Å². The summed E-state index contributed by atoms with van der Waals surface area (Å²) in [4.78, 5) is 2.40. The van der Waals surface area contributed by atoms with Crippen LogP contribution in [0, 0.1) is 11.8 Å². The Hall–Kier alpha value is -4.04. The van der Waals surface area contributed by atoms with Crippen molar-refractivity contribution in [1.82, 2.24) is 0 Å². The number of nitrogens with zero attached hydrogens (tertiary/aromatic N) is 1. The van der Waals surface area contributed by atoms with Crippen molar-refractivity contribution in [2.45, 2.75) is 36.5 Å². The molecule has 3 aliphatic carbocycles. The third-order valence-electron chi connectivity index (χ3n) is 9.87. The molecule has 4 unspecified atom stereocenters. The van der Waals surface area contributed by atoms with Crippen molar-refractivity contribution in [3.05, 3.63) is 132 Å². The normalized spacial score (nSPS) is 26.8. The van der Waals surface area contributed by atoms with Crippen LogP contribution < -0.4 is 10.6 Å². The molecule has 5 aromatic rings. The van der Waals surface area contributed by atoms with Crippen LogP contribution in [-0.4, -0.2) is 0 Å². The number of nitrogens with two attached hydrogens (primary N) is 1. The van der Waals surface area contributed by atoms with Gasteiger partial charge in [0.1, 0.15) is 0 Å². The first kappa shape index (κ1) is 22.0. The van der Waals surface area contributed by atoms with E-state index in [1.54, 1.807) is 0 Å². The molecule has 3 saturated carbocycles. The molecule has 0 aliphatic heterocycles. The minimum atomic E-state index is 0.337. The fourth-order valence-corrected chi connectivity index (χ4v) is 7.80. The van der Waals surface area contributed by atoms with Gasteiger partial charge in [0.2, 0.25) is 0 Å². The average molecular weight is 493 g/mol. The third kappa shape index (κ3) is 3.26. The molecule has 4 atom stereocenters. The lowest BCUT2D eigenvalue weighted by Crippen LogP contribution is -2.26. The van der Waals surface area contributed by atoms with Crippen LogP contribution in [0.15, 0.2) is 121 Å². The molecule has 0 radical (unpaired) electrons. The van der Waals surface area contributed by atoms with Gasteiger partial charge in [-0.1, -0.05) is 78.9 Å². The lowest BCUT2D eigenvalue weighted by atomic mass is 9.73. The summed E-state index contributed by atoms with van der Waals surface area (Å²) in [5, 5.41) is 2.53. The highest BCUT2D eigenvalue weighted by molar-refractivity contribution is 5.98. The second-order valence-electron chi connectivity index (χ2n) is 11.9. The van der Waals surface area contributed by atoms with Crippen molar-refractivity contribution in [1.29, 1.82) is 0 Å². The van der Waals surface area contributed by atoms with E-state index in [4.69, 9.17) is 5.73 Å². The second kappa shape index (κ2) is 7.98. The third-order valence-corrected chi connectivity index (χ3v) is 9.87. The summed E-state index contributed by atoms with van der Waals surface area (Å²) < 4.78 is 0. The number of anilines is 4. The molecule has 0 spiro atoms. The Bertz CT molecular complexity index is 1630. The Morgan fingerprint density at radius 3 is 1.87 bits per heavy atom. The number of fused-ring (bicyclic) bond motifs is 3. The molecule has 0 aromatic heterocycles. The maximum atomic E-state index is 6.01. The maximum absolute atomic E-state index is 6.01. The number of rotatable bonds is 5. The summed E-state index contributed by atoms with van der Waals surface area (Å²) in [6.45, 7) is 0. The molecule has 2 N–H and O–H groups in total. The molecule has 3 fully saturated rings. The van der Waals surface area contributed by atoms with Crippen molar-refractivity contribution in [3.8, 4) is 0 Å². The quantitative estimate of drug-likeness (QED) is 0.248. The van der Waals surface area contributed by atoms with Gasteiger partial charge in [0, 0.05) is 22.4 Å². The predicted octanol–water partition coefficient (Wildman–Crippen LogP) is 8.90. The van der Waals surface area contributed by atoms with Crippen LogP contribution in [0.2, 0.25) is 0 Å². The first-order valence-corrected chi connectivity index (χ1v) is 14.0. The lowest BCUT2D eigenvalue weighted by molar-refractivity contribution is 0.368. The van der Waals surface area contributed by atoms with Crippen molar-refractivity contribution < 1.29 is 0 Å². The zero-order chi connectivity index (χ0) is 25.3. The minimum Gasteiger partial charge on any atom is -0.399 e. The van der Waals surface area contributed by atoms with E-state index in [-0.39, 0.29) is 0 Å². The highest BCUT2D eigenvalue weighted by Crippen LogP contribution is 2.76. The van der Waals surface area contributed by atoms with Gasteiger partial charge < -0.3 is 10.6 Å². The monoisotopic (exact) mass is 492 g/mol. The highest BCUT2D eigenvalue weighted by Gasteiger charge is 2.71. The smallest absolute Gasteiger partial charge is 0.0540 e. The fraction of sp³-hybridized carbons (Fsp3) is 0.222. The van der Waals surface area contributed by atoms with Crippen LogP contribution >= 0.6 is 0 Å². The van der Waals surface area contributed by atoms with E-state index in [0.717, 1.165) is 17.5 Å². The van der Waals surface area contributed by atoms with E-state index in [0.29, 0.717) is 10.8 Å². The van der Waals surface area contributed by atoms with Crippen LogP contribution in [0.3, 0.4) is 0 Å². The Labute approximate surface area is 224 Å². The molecule has 8 rings (SSSR count). The summed E-state index contributed by atoms with van der Waals surface area (Å²) in [5.41, 5.74) is 14.2. The Balaban J connectivity index is 1.17. The molecule has 0 bridgehead atoms. The van der Waals surface area contributed by atoms with Crippen molar-refractivity contribution in [2.24, 2.45) is 11.8 Å². The predicted molar refractivity (Wildman–Crippen MR) is 158 cm³/mol. The largest absolute Gasteiger partial charge is 0.399 e. The van der Waals surface area contributed by atoms with E-state index < -0.39 is 0 Å². The van der Waals surface area contributed by atoms with E-state index in [1.807, 2.05) is 0 Å². The highest BCUT2D eigenvalue weighted by atomic mass is 15.1. The Morgan fingerprint density at radius 1 is 0.579 bits per heavy atom. The van der Waals surface area contributed by atoms with Crippen LogP contribution in [-0.2, 0) is 10.8 Å². The minimum absolute atomic E-state index is 0.337. The lowest BCUT2D eigenvalue weighted by Gasteiger charge is -2.31. The van der Waals surface area contributed by atoms with Crippen molar-refractivity contribution in [3.63, 3.8) is 0 Å². The van der Waals surface area contributed by atoms with Gasteiger partial charge in [-0.15, -0.1) is 0 Å². The fourth-order valence-electron chi connectivity index (χ4n) is 7.80. The van der Waals surface area contributed by atoms with Gasteiger partial charge in [0.05, 0.1) is 5.69 Å².